The molecule has 2 aromatic rings. The fourth-order valence-corrected chi connectivity index (χ4v) is 2.43. The molecule has 2 aliphatic rings. The minimum atomic E-state index is -0.313. The zero-order valence-corrected chi connectivity index (χ0v) is 9.30. The fraction of sp³-hybridized carbons (Fsp3) is 0.500. The maximum Gasteiger partial charge on any atom is 0.167 e. The summed E-state index contributed by atoms with van der Waals surface area (Å²) in [5.74, 6) is 0.337. The molecule has 0 amide bonds. The number of aromatic nitrogens is 4. The summed E-state index contributed by atoms with van der Waals surface area (Å²) < 4.78 is 12.9. The molecule has 0 radical (unpaired) electrons. The largest absolute Gasteiger partial charge is 0.394 e. The number of nitrogen functional groups attached to an aromatic ring is 1. The van der Waals surface area contributed by atoms with E-state index in [0.29, 0.717) is 17.0 Å². The second kappa shape index (κ2) is 3.37. The molecule has 0 aromatic carbocycles. The number of aliphatic hydroxyl groups excluding tert-OH is 1. The molecule has 0 spiro atoms. The van der Waals surface area contributed by atoms with Crippen molar-refractivity contribution >= 4 is 17.0 Å². The molecule has 2 aliphatic heterocycles. The summed E-state index contributed by atoms with van der Waals surface area (Å²) in [5, 5.41) is 9.16. The number of fused-ring (bicyclic) bond motifs is 2. The molecule has 4 heterocycles. The SMILES string of the molecule is Nc1ncnc2c1ncn2[C@@H]1O[C@@H](CO)[C@@H]2O[C@@H]21. The number of nitrogens with two attached hydrogens (primary N) is 1. The van der Waals surface area contributed by atoms with Crippen LogP contribution in [-0.4, -0.2) is 49.5 Å². The van der Waals surface area contributed by atoms with Gasteiger partial charge < -0.3 is 20.3 Å². The third-order valence-corrected chi connectivity index (χ3v) is 3.36. The molecule has 8 nitrogen and oxygen atoms in total. The Morgan fingerprint density at radius 2 is 2.17 bits per heavy atom. The van der Waals surface area contributed by atoms with Crippen molar-refractivity contribution in [2.24, 2.45) is 0 Å². The molecular weight excluding hydrogens is 238 g/mol. The van der Waals surface area contributed by atoms with Crippen molar-refractivity contribution in [2.45, 2.75) is 24.5 Å². The van der Waals surface area contributed by atoms with E-state index in [4.69, 9.17) is 20.3 Å². The Bertz CT molecular complexity index is 615. The summed E-state index contributed by atoms with van der Waals surface area (Å²) in [6, 6.07) is 0. The van der Waals surface area contributed by atoms with Crippen molar-refractivity contribution in [1.82, 2.24) is 19.5 Å². The van der Waals surface area contributed by atoms with Crippen molar-refractivity contribution in [1.29, 1.82) is 0 Å². The van der Waals surface area contributed by atoms with Gasteiger partial charge in [-0.1, -0.05) is 0 Å². The van der Waals surface area contributed by atoms with Crippen LogP contribution in [0.15, 0.2) is 12.7 Å². The maximum atomic E-state index is 9.16. The lowest BCUT2D eigenvalue weighted by Gasteiger charge is -2.17. The quantitative estimate of drug-likeness (QED) is 0.661. The molecule has 8 heteroatoms. The normalized spacial score (nSPS) is 33.8. The predicted molar refractivity (Wildman–Crippen MR) is 59.4 cm³/mol. The van der Waals surface area contributed by atoms with Crippen LogP contribution in [0.2, 0.25) is 0 Å². The molecule has 2 saturated heterocycles. The lowest BCUT2D eigenvalue weighted by atomic mass is 10.2. The Balaban J connectivity index is 1.78. The van der Waals surface area contributed by atoms with E-state index in [-0.39, 0.29) is 31.1 Å². The van der Waals surface area contributed by atoms with Crippen molar-refractivity contribution < 1.29 is 14.6 Å². The van der Waals surface area contributed by atoms with Crippen LogP contribution in [0, 0.1) is 0 Å². The fourth-order valence-electron chi connectivity index (χ4n) is 2.43. The highest BCUT2D eigenvalue weighted by molar-refractivity contribution is 5.81. The van der Waals surface area contributed by atoms with Crippen LogP contribution in [0.25, 0.3) is 11.2 Å². The summed E-state index contributed by atoms with van der Waals surface area (Å²) in [6.45, 7) is -0.0541. The van der Waals surface area contributed by atoms with E-state index in [1.54, 1.807) is 10.9 Å². The second-order valence-corrected chi connectivity index (χ2v) is 4.40. The van der Waals surface area contributed by atoms with Crippen LogP contribution < -0.4 is 5.73 Å². The number of nitrogens with zero attached hydrogens (tertiary/aromatic N) is 4. The Labute approximate surface area is 101 Å². The number of hydrogen-bond donors (Lipinski definition) is 2. The number of ether oxygens (including phenoxy) is 2. The van der Waals surface area contributed by atoms with Crippen LogP contribution >= 0.6 is 0 Å². The van der Waals surface area contributed by atoms with Gasteiger partial charge in [-0.15, -0.1) is 0 Å². The van der Waals surface area contributed by atoms with E-state index >= 15 is 0 Å². The van der Waals surface area contributed by atoms with Crippen molar-refractivity contribution in [3.05, 3.63) is 12.7 Å². The first-order valence-electron chi connectivity index (χ1n) is 5.64. The van der Waals surface area contributed by atoms with Gasteiger partial charge >= 0.3 is 0 Å². The number of rotatable bonds is 2. The highest BCUT2D eigenvalue weighted by Gasteiger charge is 2.58. The van der Waals surface area contributed by atoms with E-state index in [2.05, 4.69) is 15.0 Å². The number of imidazole rings is 1. The smallest absolute Gasteiger partial charge is 0.167 e. The van der Waals surface area contributed by atoms with Crippen LogP contribution in [0.1, 0.15) is 6.23 Å². The molecular formula is C10H11N5O3. The van der Waals surface area contributed by atoms with E-state index < -0.39 is 0 Å². The van der Waals surface area contributed by atoms with Crippen molar-refractivity contribution in [2.75, 3.05) is 12.3 Å². The summed E-state index contributed by atoms with van der Waals surface area (Å²) >= 11 is 0. The third kappa shape index (κ3) is 1.22. The van der Waals surface area contributed by atoms with Crippen LogP contribution in [0.4, 0.5) is 5.82 Å². The van der Waals surface area contributed by atoms with E-state index in [0.717, 1.165) is 0 Å². The lowest BCUT2D eigenvalue weighted by molar-refractivity contribution is -0.0823. The number of anilines is 1. The average molecular weight is 249 g/mol. The van der Waals surface area contributed by atoms with Gasteiger partial charge in [-0.3, -0.25) is 4.57 Å². The third-order valence-electron chi connectivity index (χ3n) is 3.36. The molecule has 0 aliphatic carbocycles. The molecule has 0 saturated carbocycles. The van der Waals surface area contributed by atoms with Gasteiger partial charge in [-0.05, 0) is 0 Å². The first kappa shape index (κ1) is 10.2. The summed E-state index contributed by atoms with van der Waals surface area (Å²) in [6.07, 6.45) is 2.33. The molecule has 0 bridgehead atoms. The molecule has 0 unspecified atom stereocenters. The van der Waals surface area contributed by atoms with Gasteiger partial charge in [0.2, 0.25) is 0 Å². The zero-order valence-electron chi connectivity index (χ0n) is 9.30. The molecule has 18 heavy (non-hydrogen) atoms. The van der Waals surface area contributed by atoms with Gasteiger partial charge in [0.15, 0.2) is 17.7 Å². The van der Waals surface area contributed by atoms with Gasteiger partial charge in [0, 0.05) is 0 Å². The zero-order chi connectivity index (χ0) is 12.3. The Hall–Kier alpha value is -1.77. The Morgan fingerprint density at radius 3 is 2.94 bits per heavy atom. The highest BCUT2D eigenvalue weighted by Crippen LogP contribution is 2.45. The van der Waals surface area contributed by atoms with Gasteiger partial charge in [0.05, 0.1) is 12.9 Å². The average Bonchev–Trinajstić information content (AvgIpc) is 2.91. The maximum absolute atomic E-state index is 9.16. The molecule has 3 N–H and O–H groups in total. The number of epoxide rings is 1. The molecule has 94 valence electrons. The lowest BCUT2D eigenvalue weighted by Crippen LogP contribution is -2.22. The topological polar surface area (TPSA) is 112 Å². The summed E-state index contributed by atoms with van der Waals surface area (Å²) in [7, 11) is 0. The number of hydrogen-bond acceptors (Lipinski definition) is 7. The standard InChI is InChI=1S/C10H11N5O3/c11-8-5-9(13-2-12-8)15(3-14-5)10-7-6(18-7)4(1-16)17-10/h2-4,6-7,10,16H,1H2,(H2,11,12,13)/t4-,6-,7-,10+/m0/s1. The predicted octanol–water partition coefficient (Wildman–Crippen LogP) is -0.934. The van der Waals surface area contributed by atoms with E-state index in [1.807, 2.05) is 0 Å². The highest BCUT2D eigenvalue weighted by atomic mass is 16.7. The van der Waals surface area contributed by atoms with E-state index in [9.17, 15) is 0 Å². The van der Waals surface area contributed by atoms with Gasteiger partial charge in [0.1, 0.15) is 30.2 Å². The molecule has 2 aromatic heterocycles. The monoisotopic (exact) mass is 249 g/mol. The van der Waals surface area contributed by atoms with Gasteiger partial charge in [-0.2, -0.15) is 0 Å². The summed E-state index contributed by atoms with van der Waals surface area (Å²) in [4.78, 5) is 12.2. The van der Waals surface area contributed by atoms with Crippen LogP contribution in [0.3, 0.4) is 0 Å². The molecule has 4 atom stereocenters. The first-order chi connectivity index (χ1) is 8.79. The second-order valence-electron chi connectivity index (χ2n) is 4.40. The van der Waals surface area contributed by atoms with Crippen LogP contribution in [0.5, 0.6) is 0 Å². The van der Waals surface area contributed by atoms with E-state index in [1.165, 1.54) is 6.33 Å². The molecule has 4 rings (SSSR count). The minimum Gasteiger partial charge on any atom is -0.394 e. The van der Waals surface area contributed by atoms with Gasteiger partial charge in [-0.25, -0.2) is 15.0 Å². The van der Waals surface area contributed by atoms with Crippen molar-refractivity contribution in [3.63, 3.8) is 0 Å². The van der Waals surface area contributed by atoms with Crippen LogP contribution in [-0.2, 0) is 9.47 Å². The first-order valence-corrected chi connectivity index (χ1v) is 5.64. The Morgan fingerprint density at radius 1 is 1.28 bits per heavy atom. The summed E-state index contributed by atoms with van der Waals surface area (Å²) in [5.41, 5.74) is 6.89. The van der Waals surface area contributed by atoms with Gasteiger partial charge in [0.25, 0.3) is 0 Å². The Kier molecular flexibility index (Phi) is 1.91. The minimum absolute atomic E-state index is 0.0309. The molecule has 2 fully saturated rings. The van der Waals surface area contributed by atoms with Crippen molar-refractivity contribution in [3.8, 4) is 0 Å². The number of aliphatic hydroxyl groups is 1.